The van der Waals surface area contributed by atoms with Gasteiger partial charge in [-0.3, -0.25) is 0 Å². The molecular formula is C14H12Cl2N6S. The maximum absolute atomic E-state index is 6.14. The second-order valence-electron chi connectivity index (χ2n) is 4.86. The zero-order chi connectivity index (χ0) is 16.6. The monoisotopic (exact) mass is 366 g/mol. The molecule has 0 atom stereocenters. The second-order valence-corrected chi connectivity index (χ2v) is 6.06. The average molecular weight is 367 g/mol. The summed E-state index contributed by atoms with van der Waals surface area (Å²) in [5, 5.41) is 16.6. The molecule has 0 unspecified atom stereocenters. The molecule has 0 bridgehead atoms. The van der Waals surface area contributed by atoms with Gasteiger partial charge in [0.1, 0.15) is 0 Å². The molecule has 1 N–H and O–H groups in total. The molecule has 0 spiro atoms. The Morgan fingerprint density at radius 1 is 1.26 bits per heavy atom. The predicted octanol–water partition coefficient (Wildman–Crippen LogP) is 3.93. The number of hydrogen-bond acceptors (Lipinski definition) is 4. The quantitative estimate of drug-likeness (QED) is 0.564. The fraction of sp³-hybridized carbons (Fsp3) is 0.143. The van der Waals surface area contributed by atoms with Gasteiger partial charge in [-0.05, 0) is 44.3 Å². The Balaban J connectivity index is 2.08. The van der Waals surface area contributed by atoms with Crippen LogP contribution in [-0.2, 0) is 0 Å². The van der Waals surface area contributed by atoms with E-state index in [4.69, 9.17) is 35.4 Å². The van der Waals surface area contributed by atoms with E-state index < -0.39 is 0 Å². The highest BCUT2D eigenvalue weighted by atomic mass is 35.5. The van der Waals surface area contributed by atoms with E-state index in [0.717, 1.165) is 11.4 Å². The van der Waals surface area contributed by atoms with Crippen molar-refractivity contribution in [2.45, 2.75) is 13.8 Å². The largest absolute Gasteiger partial charge is 0.271 e. The average Bonchev–Trinajstić information content (AvgIpc) is 3.01. The van der Waals surface area contributed by atoms with Crippen LogP contribution in [-0.4, -0.2) is 30.9 Å². The molecule has 23 heavy (non-hydrogen) atoms. The number of nitrogens with zero attached hydrogens (tertiary/aromatic N) is 5. The van der Waals surface area contributed by atoms with Crippen LogP contribution in [0.15, 0.2) is 29.4 Å². The van der Waals surface area contributed by atoms with Crippen molar-refractivity contribution in [1.82, 2.24) is 24.7 Å². The van der Waals surface area contributed by atoms with Crippen LogP contribution in [0.3, 0.4) is 0 Å². The minimum Gasteiger partial charge on any atom is -0.248 e. The van der Waals surface area contributed by atoms with Crippen LogP contribution in [0, 0.1) is 18.6 Å². The van der Waals surface area contributed by atoms with E-state index in [-0.39, 0.29) is 0 Å². The van der Waals surface area contributed by atoms with Gasteiger partial charge in [-0.25, -0.2) is 9.78 Å². The highest BCUT2D eigenvalue weighted by Crippen LogP contribution is 2.22. The lowest BCUT2D eigenvalue weighted by Crippen LogP contribution is -2.07. The van der Waals surface area contributed by atoms with Gasteiger partial charge in [0.2, 0.25) is 4.77 Å². The van der Waals surface area contributed by atoms with E-state index in [0.29, 0.717) is 26.3 Å². The Hall–Kier alpha value is -1.96. The van der Waals surface area contributed by atoms with Crippen molar-refractivity contribution in [1.29, 1.82) is 0 Å². The van der Waals surface area contributed by atoms with Crippen molar-refractivity contribution in [2.24, 2.45) is 5.10 Å². The number of H-pyrrole nitrogens is 1. The number of benzene rings is 1. The van der Waals surface area contributed by atoms with Gasteiger partial charge in [0.05, 0.1) is 22.0 Å². The molecule has 0 aliphatic heterocycles. The number of aromatic amines is 1. The molecule has 0 saturated carbocycles. The van der Waals surface area contributed by atoms with Crippen LogP contribution in [0.25, 0.3) is 5.95 Å². The standard InChI is InChI=1S/C14H12Cl2N6S/c1-8-6-9(2)21(20-8)13-18-19-14(23)22(13)17-7-10-11(15)4-3-5-12(10)16/h3-7H,1-2H3,(H,19,23). The van der Waals surface area contributed by atoms with Crippen LogP contribution in [0.5, 0.6) is 0 Å². The molecule has 0 radical (unpaired) electrons. The van der Waals surface area contributed by atoms with Crippen LogP contribution in [0.2, 0.25) is 10.0 Å². The zero-order valence-corrected chi connectivity index (χ0v) is 14.6. The SMILES string of the molecule is Cc1cc(C)n(-c2n[nH]c(=S)n2N=Cc2c(Cl)cccc2Cl)n1. The van der Waals surface area contributed by atoms with E-state index in [2.05, 4.69) is 20.4 Å². The summed E-state index contributed by atoms with van der Waals surface area (Å²) in [5.41, 5.74) is 2.41. The van der Waals surface area contributed by atoms with Gasteiger partial charge >= 0.3 is 0 Å². The molecule has 0 aliphatic carbocycles. The molecule has 3 rings (SSSR count). The summed E-state index contributed by atoms with van der Waals surface area (Å²) >= 11 is 17.5. The smallest absolute Gasteiger partial charge is 0.248 e. The summed E-state index contributed by atoms with van der Waals surface area (Å²) < 4.78 is 3.47. The Morgan fingerprint density at radius 3 is 2.57 bits per heavy atom. The number of nitrogens with one attached hydrogen (secondary N) is 1. The number of hydrogen-bond donors (Lipinski definition) is 1. The van der Waals surface area contributed by atoms with Crippen LogP contribution in [0.4, 0.5) is 0 Å². The molecule has 1 aromatic carbocycles. The minimum atomic E-state index is 0.340. The highest BCUT2D eigenvalue weighted by Gasteiger charge is 2.12. The van der Waals surface area contributed by atoms with Gasteiger partial charge in [0, 0.05) is 11.3 Å². The molecule has 6 nitrogen and oxygen atoms in total. The fourth-order valence-corrected chi connectivity index (χ4v) is 2.77. The van der Waals surface area contributed by atoms with Crippen molar-refractivity contribution in [3.8, 4) is 5.95 Å². The number of aryl methyl sites for hydroxylation is 2. The molecule has 9 heteroatoms. The summed E-state index contributed by atoms with van der Waals surface area (Å²) in [4.78, 5) is 0. The zero-order valence-electron chi connectivity index (χ0n) is 12.3. The molecular weight excluding hydrogens is 355 g/mol. The summed E-state index contributed by atoms with van der Waals surface area (Å²) in [6.07, 6.45) is 1.55. The van der Waals surface area contributed by atoms with Crippen LogP contribution in [0.1, 0.15) is 17.0 Å². The molecule has 0 saturated heterocycles. The fourth-order valence-electron chi connectivity index (χ4n) is 2.11. The van der Waals surface area contributed by atoms with Crippen molar-refractivity contribution in [3.63, 3.8) is 0 Å². The second kappa shape index (κ2) is 6.27. The maximum atomic E-state index is 6.14. The first-order valence-electron chi connectivity index (χ1n) is 6.67. The summed E-state index contributed by atoms with van der Waals surface area (Å²) in [5.74, 6) is 0.458. The molecule has 0 fully saturated rings. The Bertz CT molecular complexity index is 932. The normalized spacial score (nSPS) is 11.5. The van der Waals surface area contributed by atoms with E-state index in [9.17, 15) is 0 Å². The Morgan fingerprint density at radius 2 is 1.96 bits per heavy atom. The molecule has 2 aromatic heterocycles. The first kappa shape index (κ1) is 15.9. The van der Waals surface area contributed by atoms with Crippen LogP contribution >= 0.6 is 35.4 Å². The van der Waals surface area contributed by atoms with E-state index in [1.54, 1.807) is 29.1 Å². The third-order valence-corrected chi connectivity index (χ3v) is 4.06. The van der Waals surface area contributed by atoms with Crippen molar-refractivity contribution in [2.75, 3.05) is 0 Å². The first-order valence-corrected chi connectivity index (χ1v) is 7.83. The van der Waals surface area contributed by atoms with E-state index in [1.807, 2.05) is 19.9 Å². The molecule has 0 aliphatic rings. The summed E-state index contributed by atoms with van der Waals surface area (Å²) in [6.45, 7) is 3.83. The lowest BCUT2D eigenvalue weighted by atomic mass is 10.2. The van der Waals surface area contributed by atoms with Gasteiger partial charge < -0.3 is 0 Å². The Kier molecular flexibility index (Phi) is 4.34. The van der Waals surface area contributed by atoms with Gasteiger partial charge in [-0.2, -0.15) is 14.9 Å². The van der Waals surface area contributed by atoms with Gasteiger partial charge in [0.25, 0.3) is 5.95 Å². The first-order chi connectivity index (χ1) is 11.0. The molecule has 0 amide bonds. The number of rotatable bonds is 3. The van der Waals surface area contributed by atoms with E-state index in [1.165, 1.54) is 4.68 Å². The van der Waals surface area contributed by atoms with Gasteiger partial charge in [-0.15, -0.1) is 5.10 Å². The Labute approximate surface area is 147 Å². The number of aromatic nitrogens is 5. The molecule has 3 aromatic rings. The maximum Gasteiger partial charge on any atom is 0.271 e. The topological polar surface area (TPSA) is 63.8 Å². The minimum absolute atomic E-state index is 0.340. The highest BCUT2D eigenvalue weighted by molar-refractivity contribution is 7.71. The van der Waals surface area contributed by atoms with Gasteiger partial charge in [0.15, 0.2) is 0 Å². The lowest BCUT2D eigenvalue weighted by molar-refractivity contribution is 0.714. The van der Waals surface area contributed by atoms with Crippen molar-refractivity contribution >= 4 is 41.6 Å². The molecule has 118 valence electrons. The van der Waals surface area contributed by atoms with Crippen molar-refractivity contribution < 1.29 is 0 Å². The van der Waals surface area contributed by atoms with E-state index >= 15 is 0 Å². The lowest BCUT2D eigenvalue weighted by Gasteiger charge is -2.04. The van der Waals surface area contributed by atoms with Crippen LogP contribution < -0.4 is 0 Å². The van der Waals surface area contributed by atoms with Gasteiger partial charge in [-0.1, -0.05) is 29.3 Å². The van der Waals surface area contributed by atoms with Crippen molar-refractivity contribution in [3.05, 3.63) is 56.0 Å². The summed E-state index contributed by atoms with van der Waals surface area (Å²) in [7, 11) is 0. The third kappa shape index (κ3) is 3.08. The molecule has 2 heterocycles. The third-order valence-electron chi connectivity index (χ3n) is 3.13. The number of halogens is 2. The predicted molar refractivity (Wildman–Crippen MR) is 93.5 cm³/mol. The summed E-state index contributed by atoms with van der Waals surface area (Å²) in [6, 6.07) is 7.19.